The molecule has 148 valence electrons. The zero-order chi connectivity index (χ0) is 20.3. The SMILES string of the molecule is CCOC(=O)C(C=NC(C)CO)C(=O)c1c(F)c(F)c(C2CC2)c(F)c1F. The zero-order valence-corrected chi connectivity index (χ0v) is 14.8. The molecule has 0 amide bonds. The van der Waals surface area contributed by atoms with Gasteiger partial charge in [-0.3, -0.25) is 14.6 Å². The number of rotatable bonds is 8. The molecule has 0 heterocycles. The molecule has 1 aromatic rings. The van der Waals surface area contributed by atoms with Gasteiger partial charge in [-0.1, -0.05) is 0 Å². The first-order valence-electron chi connectivity index (χ1n) is 8.45. The van der Waals surface area contributed by atoms with Gasteiger partial charge >= 0.3 is 5.97 Å². The number of aliphatic hydroxyl groups excluding tert-OH is 1. The lowest BCUT2D eigenvalue weighted by Crippen LogP contribution is -2.30. The lowest BCUT2D eigenvalue weighted by atomic mass is 9.94. The number of nitrogens with zero attached hydrogens (tertiary/aromatic N) is 1. The number of aliphatic imine (C=N–C) groups is 1. The highest BCUT2D eigenvalue weighted by Crippen LogP contribution is 2.44. The predicted octanol–water partition coefficient (Wildman–Crippen LogP) is 2.93. The third kappa shape index (κ3) is 4.35. The summed E-state index contributed by atoms with van der Waals surface area (Å²) in [6.45, 7) is 2.34. The lowest BCUT2D eigenvalue weighted by molar-refractivity contribution is -0.144. The van der Waals surface area contributed by atoms with Crippen LogP contribution >= 0.6 is 0 Å². The van der Waals surface area contributed by atoms with Crippen molar-refractivity contribution in [3.8, 4) is 0 Å². The minimum absolute atomic E-state index is 0.139. The molecule has 1 aromatic carbocycles. The number of hydrogen-bond acceptors (Lipinski definition) is 5. The van der Waals surface area contributed by atoms with Crippen LogP contribution in [0.25, 0.3) is 0 Å². The highest BCUT2D eigenvalue weighted by Gasteiger charge is 2.39. The van der Waals surface area contributed by atoms with Crippen molar-refractivity contribution in [3.05, 3.63) is 34.4 Å². The van der Waals surface area contributed by atoms with E-state index in [2.05, 4.69) is 9.73 Å². The third-order valence-electron chi connectivity index (χ3n) is 4.11. The standard InChI is InChI=1S/C18H19F4NO4/c1-3-27-18(26)10(6-23-8(2)7-24)17(25)12-15(21)13(19)11(9-4-5-9)14(20)16(12)22/h6,8-10,24H,3-5,7H2,1-2H3. The van der Waals surface area contributed by atoms with Crippen molar-refractivity contribution < 1.29 is 37.0 Å². The van der Waals surface area contributed by atoms with E-state index >= 15 is 0 Å². The van der Waals surface area contributed by atoms with Gasteiger partial charge < -0.3 is 9.84 Å². The molecule has 1 saturated carbocycles. The van der Waals surface area contributed by atoms with Crippen molar-refractivity contribution in [1.29, 1.82) is 0 Å². The normalized spacial score (nSPS) is 16.4. The first-order valence-corrected chi connectivity index (χ1v) is 8.45. The molecule has 1 aliphatic carbocycles. The van der Waals surface area contributed by atoms with Crippen LogP contribution in [0, 0.1) is 29.2 Å². The number of esters is 1. The van der Waals surface area contributed by atoms with Gasteiger partial charge in [0.2, 0.25) is 0 Å². The number of halogens is 4. The molecule has 1 N–H and O–H groups in total. The second-order valence-electron chi connectivity index (χ2n) is 6.24. The monoisotopic (exact) mass is 389 g/mol. The van der Waals surface area contributed by atoms with E-state index in [-0.39, 0.29) is 6.61 Å². The summed E-state index contributed by atoms with van der Waals surface area (Å²) in [7, 11) is 0. The number of carbonyl (C=O) groups is 2. The third-order valence-corrected chi connectivity index (χ3v) is 4.11. The predicted molar refractivity (Wildman–Crippen MR) is 87.7 cm³/mol. The smallest absolute Gasteiger partial charge is 0.322 e. The van der Waals surface area contributed by atoms with Gasteiger partial charge in [0.15, 0.2) is 35.0 Å². The number of benzene rings is 1. The van der Waals surface area contributed by atoms with Crippen molar-refractivity contribution in [1.82, 2.24) is 0 Å². The quantitative estimate of drug-likeness (QED) is 0.185. The summed E-state index contributed by atoms with van der Waals surface area (Å²) in [6, 6.07) is -0.713. The summed E-state index contributed by atoms with van der Waals surface area (Å²) in [4.78, 5) is 28.3. The molecule has 2 atom stereocenters. The van der Waals surface area contributed by atoms with Gasteiger partial charge in [0.1, 0.15) is 0 Å². The molecular weight excluding hydrogens is 370 g/mol. The van der Waals surface area contributed by atoms with Crippen LogP contribution in [-0.4, -0.2) is 42.3 Å². The molecule has 1 fully saturated rings. The maximum absolute atomic E-state index is 14.4. The first-order chi connectivity index (χ1) is 12.7. The molecule has 0 aliphatic heterocycles. The summed E-state index contributed by atoms with van der Waals surface area (Å²) in [5, 5.41) is 8.96. The van der Waals surface area contributed by atoms with E-state index in [1.54, 1.807) is 0 Å². The zero-order valence-electron chi connectivity index (χ0n) is 14.8. The average molecular weight is 389 g/mol. The lowest BCUT2D eigenvalue weighted by Gasteiger charge is -2.15. The highest BCUT2D eigenvalue weighted by molar-refractivity contribution is 6.18. The molecule has 0 radical (unpaired) electrons. The Hall–Kier alpha value is -2.29. The summed E-state index contributed by atoms with van der Waals surface area (Å²) in [5.41, 5.74) is -2.22. The molecule has 1 aliphatic rings. The van der Waals surface area contributed by atoms with Gasteiger partial charge in [-0.2, -0.15) is 0 Å². The molecular formula is C18H19F4NO4. The summed E-state index contributed by atoms with van der Waals surface area (Å²) >= 11 is 0. The topological polar surface area (TPSA) is 76.0 Å². The van der Waals surface area contributed by atoms with E-state index in [9.17, 15) is 27.2 Å². The van der Waals surface area contributed by atoms with Crippen molar-refractivity contribution in [2.75, 3.05) is 13.2 Å². The Kier molecular flexibility index (Phi) is 6.69. The van der Waals surface area contributed by atoms with E-state index in [1.165, 1.54) is 13.8 Å². The van der Waals surface area contributed by atoms with Gasteiger partial charge in [-0.25, -0.2) is 17.6 Å². The Morgan fingerprint density at radius 3 is 2.19 bits per heavy atom. The Labute approximate surface area is 153 Å². The van der Waals surface area contributed by atoms with Crippen molar-refractivity contribution >= 4 is 18.0 Å². The van der Waals surface area contributed by atoms with Crippen molar-refractivity contribution in [2.45, 2.75) is 38.6 Å². The molecule has 27 heavy (non-hydrogen) atoms. The maximum atomic E-state index is 14.4. The van der Waals surface area contributed by atoms with Gasteiger partial charge in [-0.05, 0) is 32.6 Å². The van der Waals surface area contributed by atoms with E-state index in [4.69, 9.17) is 5.11 Å². The molecule has 0 spiro atoms. The fourth-order valence-electron chi connectivity index (χ4n) is 2.50. The average Bonchev–Trinajstić information content (AvgIpc) is 3.45. The van der Waals surface area contributed by atoms with Crippen LogP contribution in [0.1, 0.15) is 48.5 Å². The molecule has 0 aromatic heterocycles. The number of hydrogen-bond donors (Lipinski definition) is 1. The van der Waals surface area contributed by atoms with Gasteiger partial charge in [0.05, 0.1) is 24.8 Å². The fourth-order valence-corrected chi connectivity index (χ4v) is 2.50. The van der Waals surface area contributed by atoms with Gasteiger partial charge in [-0.15, -0.1) is 0 Å². The van der Waals surface area contributed by atoms with E-state index in [0.717, 1.165) is 6.21 Å². The minimum Gasteiger partial charge on any atom is -0.465 e. The molecule has 9 heteroatoms. The molecule has 2 rings (SSSR count). The van der Waals surface area contributed by atoms with Crippen molar-refractivity contribution in [2.24, 2.45) is 10.9 Å². The highest BCUT2D eigenvalue weighted by atomic mass is 19.2. The number of carbonyl (C=O) groups excluding carboxylic acids is 2. The second kappa shape index (κ2) is 8.60. The molecule has 0 bridgehead atoms. The Morgan fingerprint density at radius 2 is 1.74 bits per heavy atom. The number of ether oxygens (including phenoxy) is 1. The van der Waals surface area contributed by atoms with Gasteiger partial charge in [0, 0.05) is 11.8 Å². The van der Waals surface area contributed by atoms with Gasteiger partial charge in [0.25, 0.3) is 0 Å². The molecule has 2 unspecified atom stereocenters. The largest absolute Gasteiger partial charge is 0.465 e. The Morgan fingerprint density at radius 1 is 1.19 bits per heavy atom. The van der Waals surface area contributed by atoms with Crippen LogP contribution in [-0.2, 0) is 9.53 Å². The first kappa shape index (κ1) is 21.0. The Balaban J connectivity index is 2.51. The second-order valence-corrected chi connectivity index (χ2v) is 6.24. The minimum atomic E-state index is -1.91. The van der Waals surface area contributed by atoms with E-state index in [0.29, 0.717) is 12.8 Å². The van der Waals surface area contributed by atoms with Crippen LogP contribution in [0.2, 0.25) is 0 Å². The van der Waals surface area contributed by atoms with Crippen molar-refractivity contribution in [3.63, 3.8) is 0 Å². The van der Waals surface area contributed by atoms with Crippen LogP contribution in [0.3, 0.4) is 0 Å². The molecule has 5 nitrogen and oxygen atoms in total. The molecule has 0 saturated heterocycles. The van der Waals surface area contributed by atoms with Crippen LogP contribution in [0.4, 0.5) is 17.6 Å². The van der Waals surface area contributed by atoms with E-state index in [1.807, 2.05) is 0 Å². The summed E-state index contributed by atoms with van der Waals surface area (Å²) in [6.07, 6.45) is 1.53. The maximum Gasteiger partial charge on any atom is 0.322 e. The number of aliphatic hydroxyl groups is 1. The number of Topliss-reactive ketones (excluding diaryl/α,β-unsaturated/α-hetero) is 1. The fraction of sp³-hybridized carbons (Fsp3) is 0.500. The van der Waals surface area contributed by atoms with Crippen LogP contribution in [0.5, 0.6) is 0 Å². The van der Waals surface area contributed by atoms with E-state index < -0.39 is 70.6 Å². The summed E-state index contributed by atoms with van der Waals surface area (Å²) < 4.78 is 61.9. The Bertz CT molecular complexity index is 748. The van der Waals surface area contributed by atoms with Crippen LogP contribution in [0.15, 0.2) is 4.99 Å². The van der Waals surface area contributed by atoms with Crippen LogP contribution < -0.4 is 0 Å². The summed E-state index contributed by atoms with van der Waals surface area (Å²) in [5.74, 6) is -12.2. The number of ketones is 1.